The first kappa shape index (κ1) is 15.0. The van der Waals surface area contributed by atoms with E-state index in [0.29, 0.717) is 12.3 Å². The molecule has 1 unspecified atom stereocenters. The second kappa shape index (κ2) is 6.21. The van der Waals surface area contributed by atoms with Gasteiger partial charge in [0.25, 0.3) is 0 Å². The highest BCUT2D eigenvalue weighted by molar-refractivity contribution is 6.02. The molecule has 1 aromatic rings. The zero-order valence-electron chi connectivity index (χ0n) is 11.6. The van der Waals surface area contributed by atoms with Crippen molar-refractivity contribution in [3.8, 4) is 0 Å². The van der Waals surface area contributed by atoms with E-state index in [1.54, 1.807) is 6.92 Å². The normalized spacial score (nSPS) is 13.6. The molecule has 0 radical (unpaired) electrons. The summed E-state index contributed by atoms with van der Waals surface area (Å²) < 4.78 is 5.01. The van der Waals surface area contributed by atoms with Crippen LogP contribution in [0.15, 0.2) is 9.68 Å². The van der Waals surface area contributed by atoms with E-state index >= 15 is 0 Å². The van der Waals surface area contributed by atoms with Crippen molar-refractivity contribution >= 4 is 11.7 Å². The first-order valence-corrected chi connectivity index (χ1v) is 6.05. The van der Waals surface area contributed by atoms with Gasteiger partial charge >= 0.3 is 0 Å². The van der Waals surface area contributed by atoms with Gasteiger partial charge in [-0.3, -0.25) is 4.79 Å². The molecular formula is C12H20N4O3. The SMILES string of the molecule is Cc1noc(C)c1CNC(=O)C(C(N)=NO)C(C)C. The van der Waals surface area contributed by atoms with E-state index in [-0.39, 0.29) is 17.7 Å². The number of nitrogens with two attached hydrogens (primary N) is 1. The molecule has 1 rings (SSSR count). The van der Waals surface area contributed by atoms with Gasteiger partial charge in [0, 0.05) is 12.1 Å². The standard InChI is InChI=1S/C12H20N4O3/c1-6(2)10(11(13)15-18)12(17)14-5-9-7(3)16-19-8(9)4/h6,10,18H,5H2,1-4H3,(H2,13,15)(H,14,17). The summed E-state index contributed by atoms with van der Waals surface area (Å²) in [7, 11) is 0. The Hall–Kier alpha value is -2.05. The molecule has 7 nitrogen and oxygen atoms in total. The molecule has 1 atom stereocenters. The van der Waals surface area contributed by atoms with Crippen LogP contribution < -0.4 is 11.1 Å². The van der Waals surface area contributed by atoms with Gasteiger partial charge in [-0.25, -0.2) is 0 Å². The van der Waals surface area contributed by atoms with Crippen LogP contribution in [0.3, 0.4) is 0 Å². The van der Waals surface area contributed by atoms with Gasteiger partial charge in [-0.1, -0.05) is 24.2 Å². The van der Waals surface area contributed by atoms with Crippen LogP contribution in [-0.2, 0) is 11.3 Å². The number of rotatable bonds is 5. The van der Waals surface area contributed by atoms with E-state index in [2.05, 4.69) is 15.6 Å². The molecule has 1 aromatic heterocycles. The summed E-state index contributed by atoms with van der Waals surface area (Å²) in [4.78, 5) is 12.1. The van der Waals surface area contributed by atoms with Gasteiger partial charge in [0.15, 0.2) is 5.84 Å². The number of carbonyl (C=O) groups excluding carboxylic acids is 1. The predicted molar refractivity (Wildman–Crippen MR) is 69.6 cm³/mol. The highest BCUT2D eigenvalue weighted by atomic mass is 16.5. The minimum Gasteiger partial charge on any atom is -0.409 e. The monoisotopic (exact) mass is 268 g/mol. The number of oxime groups is 1. The first-order valence-electron chi connectivity index (χ1n) is 6.05. The molecule has 0 bridgehead atoms. The summed E-state index contributed by atoms with van der Waals surface area (Å²) in [6.07, 6.45) is 0. The number of amides is 1. The molecule has 0 aliphatic carbocycles. The Balaban J connectivity index is 2.74. The number of nitrogens with one attached hydrogen (secondary N) is 1. The van der Waals surface area contributed by atoms with Crippen molar-refractivity contribution in [1.82, 2.24) is 10.5 Å². The molecule has 0 aliphatic rings. The van der Waals surface area contributed by atoms with E-state index in [4.69, 9.17) is 15.5 Å². The molecule has 0 saturated carbocycles. The molecule has 106 valence electrons. The molecule has 7 heteroatoms. The lowest BCUT2D eigenvalue weighted by Gasteiger charge is -2.18. The number of aromatic nitrogens is 1. The first-order chi connectivity index (χ1) is 8.88. The summed E-state index contributed by atoms with van der Waals surface area (Å²) in [5.74, 6) is -0.440. The van der Waals surface area contributed by atoms with Gasteiger partial charge in [0.2, 0.25) is 5.91 Å². The fourth-order valence-electron chi connectivity index (χ4n) is 1.88. The van der Waals surface area contributed by atoms with Crippen LogP contribution in [0.25, 0.3) is 0 Å². The summed E-state index contributed by atoms with van der Waals surface area (Å²) in [6.45, 7) is 7.56. The molecule has 19 heavy (non-hydrogen) atoms. The molecule has 0 spiro atoms. The zero-order chi connectivity index (χ0) is 14.6. The van der Waals surface area contributed by atoms with Gasteiger partial charge in [-0.05, 0) is 19.8 Å². The predicted octanol–water partition coefficient (Wildman–Crippen LogP) is 0.926. The van der Waals surface area contributed by atoms with Crippen molar-refractivity contribution in [3.05, 3.63) is 17.0 Å². The lowest BCUT2D eigenvalue weighted by atomic mass is 9.94. The van der Waals surface area contributed by atoms with Crippen molar-refractivity contribution in [3.63, 3.8) is 0 Å². The Kier molecular flexibility index (Phi) is 4.91. The van der Waals surface area contributed by atoms with Gasteiger partial charge in [0.05, 0.1) is 5.69 Å². The van der Waals surface area contributed by atoms with Gasteiger partial charge < -0.3 is 20.8 Å². The van der Waals surface area contributed by atoms with Crippen LogP contribution in [0.5, 0.6) is 0 Å². The summed E-state index contributed by atoms with van der Waals surface area (Å²) in [6, 6.07) is 0. The lowest BCUT2D eigenvalue weighted by Crippen LogP contribution is -2.41. The maximum Gasteiger partial charge on any atom is 0.231 e. The molecule has 1 heterocycles. The second-order valence-electron chi connectivity index (χ2n) is 4.77. The van der Waals surface area contributed by atoms with Crippen LogP contribution in [0.1, 0.15) is 30.9 Å². The van der Waals surface area contributed by atoms with E-state index in [0.717, 1.165) is 11.3 Å². The fraction of sp³-hybridized carbons (Fsp3) is 0.583. The Morgan fingerprint density at radius 3 is 2.58 bits per heavy atom. The number of amidine groups is 1. The van der Waals surface area contributed by atoms with E-state index in [9.17, 15) is 4.79 Å². The molecule has 0 saturated heterocycles. The maximum atomic E-state index is 12.1. The zero-order valence-corrected chi connectivity index (χ0v) is 11.6. The number of nitrogens with zero attached hydrogens (tertiary/aromatic N) is 2. The third-order valence-corrected chi connectivity index (χ3v) is 3.00. The quantitative estimate of drug-likeness (QED) is 0.318. The van der Waals surface area contributed by atoms with Gasteiger partial charge in [-0.15, -0.1) is 0 Å². The van der Waals surface area contributed by atoms with Crippen LogP contribution in [-0.4, -0.2) is 22.1 Å². The van der Waals surface area contributed by atoms with Crippen molar-refractivity contribution in [1.29, 1.82) is 0 Å². The molecular weight excluding hydrogens is 248 g/mol. The minimum atomic E-state index is -0.662. The number of hydrogen-bond acceptors (Lipinski definition) is 5. The van der Waals surface area contributed by atoms with Crippen molar-refractivity contribution in [2.24, 2.45) is 22.7 Å². The highest BCUT2D eigenvalue weighted by Crippen LogP contribution is 2.14. The Morgan fingerprint density at radius 2 is 2.16 bits per heavy atom. The Labute approximate surface area is 111 Å². The third-order valence-electron chi connectivity index (χ3n) is 3.00. The number of carbonyl (C=O) groups is 1. The van der Waals surface area contributed by atoms with Crippen molar-refractivity contribution < 1.29 is 14.5 Å². The topological polar surface area (TPSA) is 114 Å². The summed E-state index contributed by atoms with van der Waals surface area (Å²) in [5, 5.41) is 18.2. The highest BCUT2D eigenvalue weighted by Gasteiger charge is 2.26. The smallest absolute Gasteiger partial charge is 0.231 e. The lowest BCUT2D eigenvalue weighted by molar-refractivity contribution is -0.124. The molecule has 4 N–H and O–H groups in total. The van der Waals surface area contributed by atoms with Gasteiger partial charge in [-0.2, -0.15) is 0 Å². The maximum absolute atomic E-state index is 12.1. The minimum absolute atomic E-state index is 0.0689. The third kappa shape index (κ3) is 3.46. The van der Waals surface area contributed by atoms with Crippen LogP contribution >= 0.6 is 0 Å². The fourth-order valence-corrected chi connectivity index (χ4v) is 1.88. The average molecular weight is 268 g/mol. The van der Waals surface area contributed by atoms with Crippen molar-refractivity contribution in [2.45, 2.75) is 34.2 Å². The van der Waals surface area contributed by atoms with E-state index in [1.807, 2.05) is 20.8 Å². The summed E-state index contributed by atoms with van der Waals surface area (Å²) in [5.41, 5.74) is 7.12. The Bertz CT molecular complexity index is 460. The number of aryl methyl sites for hydroxylation is 2. The molecule has 1 amide bonds. The molecule has 0 aromatic carbocycles. The largest absolute Gasteiger partial charge is 0.409 e. The van der Waals surface area contributed by atoms with E-state index in [1.165, 1.54) is 0 Å². The molecule has 0 aliphatic heterocycles. The second-order valence-corrected chi connectivity index (χ2v) is 4.77. The average Bonchev–Trinajstić information content (AvgIpc) is 2.66. The van der Waals surface area contributed by atoms with Crippen molar-refractivity contribution in [2.75, 3.05) is 0 Å². The molecule has 0 fully saturated rings. The van der Waals surface area contributed by atoms with Crippen LogP contribution in [0.4, 0.5) is 0 Å². The Morgan fingerprint density at radius 1 is 1.53 bits per heavy atom. The van der Waals surface area contributed by atoms with E-state index < -0.39 is 5.92 Å². The van der Waals surface area contributed by atoms with Crippen LogP contribution in [0, 0.1) is 25.7 Å². The number of hydrogen-bond donors (Lipinski definition) is 3. The van der Waals surface area contributed by atoms with Gasteiger partial charge in [0.1, 0.15) is 11.7 Å². The van der Waals surface area contributed by atoms with Crippen LogP contribution in [0.2, 0.25) is 0 Å². The summed E-state index contributed by atoms with van der Waals surface area (Å²) >= 11 is 0.